The molecule has 14 rings (SSSR count). The smallest absolute Gasteiger partial charge is 0.259 e. The van der Waals surface area contributed by atoms with Crippen LogP contribution >= 0.6 is 0 Å². The maximum absolute atomic E-state index is 14.0. The van der Waals surface area contributed by atoms with Crippen LogP contribution in [0.4, 0.5) is 89.4 Å². The Bertz CT molecular complexity index is 5370. The lowest BCUT2D eigenvalue weighted by atomic mass is 9.89. The molecule has 8 heterocycles. The van der Waals surface area contributed by atoms with E-state index in [-0.39, 0.29) is 29.2 Å². The van der Waals surface area contributed by atoms with E-state index >= 15 is 0 Å². The number of methoxy groups -OCH3 is 1. The number of carbonyl (C=O) groups is 4. The van der Waals surface area contributed by atoms with Gasteiger partial charge in [0.05, 0.1) is 107 Å². The van der Waals surface area contributed by atoms with Gasteiger partial charge in [0.1, 0.15) is 81.0 Å². The van der Waals surface area contributed by atoms with Gasteiger partial charge in [-0.1, -0.05) is 89.2 Å². The van der Waals surface area contributed by atoms with Crippen LogP contribution in [0, 0.1) is 84.7 Å². The second kappa shape index (κ2) is 47.8. The summed E-state index contributed by atoms with van der Waals surface area (Å²) in [6, 6.07) is 18.9. The molecule has 4 fully saturated rings. The molecule has 4 saturated carbocycles. The van der Waals surface area contributed by atoms with Crippen molar-refractivity contribution < 1.29 is 32.7 Å². The van der Waals surface area contributed by atoms with E-state index in [1.807, 2.05) is 12.1 Å². The molecule has 4 aliphatic rings. The van der Waals surface area contributed by atoms with Gasteiger partial charge in [0.15, 0.2) is 0 Å². The van der Waals surface area contributed by atoms with Crippen LogP contribution in [0.3, 0.4) is 0 Å². The predicted octanol–water partition coefficient (Wildman–Crippen LogP) is 16.6. The third-order valence-electron chi connectivity index (χ3n) is 21.6. The minimum atomic E-state index is -0.497. The molecule has 0 saturated heterocycles. The Balaban J connectivity index is 0.000000162. The molecule has 0 aliphatic heterocycles. The Kier molecular flexibility index (Phi) is 35.0. The number of amides is 4. The highest BCUT2D eigenvalue weighted by Crippen LogP contribution is 2.33. The van der Waals surface area contributed by atoms with Crippen LogP contribution in [0.15, 0.2) is 147 Å². The van der Waals surface area contributed by atoms with Crippen molar-refractivity contribution in [2.45, 2.75) is 128 Å². The second-order valence-electron chi connectivity index (χ2n) is 31.0. The molecule has 29 nitrogen and oxygen atoms in total. The largest absolute Gasteiger partial charge is 0.384 e. The van der Waals surface area contributed by atoms with Crippen molar-refractivity contribution in [2.75, 3.05) is 121 Å². The van der Waals surface area contributed by atoms with E-state index in [1.54, 1.807) is 87.1 Å². The first-order chi connectivity index (χ1) is 60.9. The van der Waals surface area contributed by atoms with Gasteiger partial charge in [-0.2, -0.15) is 0 Å². The molecule has 4 amide bonds. The van der Waals surface area contributed by atoms with Crippen LogP contribution in [0.5, 0.6) is 0 Å². The van der Waals surface area contributed by atoms with Crippen LogP contribution in [0.25, 0.3) is 0 Å². The average Bonchev–Trinajstić information content (AvgIpc) is 0.838. The monoisotopic (exact) mass is 1690 g/mol. The summed E-state index contributed by atoms with van der Waals surface area (Å²) in [6.45, 7) is 4.20. The summed E-state index contributed by atoms with van der Waals surface area (Å²) in [5, 5.41) is 31.7. The van der Waals surface area contributed by atoms with Gasteiger partial charge >= 0.3 is 0 Å². The summed E-state index contributed by atoms with van der Waals surface area (Å²) in [6.07, 6.45) is 64.4. The fraction of sp³-hybridized carbons (Fsp3) is 0.362. The van der Waals surface area contributed by atoms with Gasteiger partial charge in [-0.25, -0.2) is 68.6 Å². The molecule has 0 bridgehead atoms. The van der Waals surface area contributed by atoms with Crippen LogP contribution in [0.1, 0.15) is 193 Å². The Hall–Kier alpha value is -14.3. The summed E-state index contributed by atoms with van der Waals surface area (Å²) < 4.78 is 32.3. The summed E-state index contributed by atoms with van der Waals surface area (Å²) in [5.41, 5.74) is 7.05. The number of anilines is 14. The van der Waals surface area contributed by atoms with Crippen molar-refractivity contribution in [3.8, 4) is 49.4 Å². The molecule has 0 radical (unpaired) electrons. The maximum atomic E-state index is 14.0. The molecule has 646 valence electrons. The topological polar surface area (TPSA) is 359 Å². The normalized spacial score (nSPS) is 13.9. The van der Waals surface area contributed by atoms with E-state index in [2.05, 4.69) is 137 Å². The van der Waals surface area contributed by atoms with Crippen molar-refractivity contribution in [3.05, 3.63) is 204 Å². The molecule has 8 aromatic heterocycles. The fourth-order valence-corrected chi connectivity index (χ4v) is 14.6. The lowest BCUT2D eigenvalue weighted by Gasteiger charge is -2.24. The summed E-state index contributed by atoms with van der Waals surface area (Å²) in [5.74, 6) is 14.5. The maximum Gasteiger partial charge on any atom is 0.259 e. The van der Waals surface area contributed by atoms with Gasteiger partial charge in [0, 0.05) is 116 Å². The lowest BCUT2D eigenvalue weighted by molar-refractivity contribution is 0.0744. The molecule has 4 aliphatic carbocycles. The fourth-order valence-electron chi connectivity index (χ4n) is 14.6. The van der Waals surface area contributed by atoms with Gasteiger partial charge in [-0.05, 0) is 135 Å². The molecule has 31 heteroatoms. The van der Waals surface area contributed by atoms with Crippen LogP contribution in [-0.2, 0) is 4.74 Å². The highest BCUT2D eigenvalue weighted by molar-refractivity contribution is 6.09. The van der Waals surface area contributed by atoms with E-state index in [4.69, 9.17) is 30.4 Å². The summed E-state index contributed by atoms with van der Waals surface area (Å²) >= 11 is 0. The molecular weight excluding hydrogens is 1580 g/mol. The molecule has 10 aromatic rings. The number of nitrogens with one attached hydrogen (secondary N) is 10. The first kappa shape index (κ1) is 91.4. The standard InChI is InChI=1S/2C25H25FN6O.C23H30N6O2.C21H26N6O/c1-2-18-14-29-24(16-27-18)32-23-12-22(28-13-17-8-4-3-5-9-17)19(15-30-23)25(33)31-21-11-7-6-10-20(21)26;1-2-19-14-29-24(16-27-19)32-23-12-22(28-13-17-6-4-3-5-7-17)21(15-30-23)25(33)31-20-10-8-18(26)9-11-20;1-4-18-14-26-22(16-24-18)28-21-12-20(25-13-17-8-6-5-7-9-17)19(15-27-21)23(30)29(2)10-11-31-3;1-4-16-12-24-20(14-22-16)26-19-10-18(17(13-25-19)21(28)27(2)3)23-11-15-8-6-5-7-9-15/h1,6-7,10-12,14-17H,3-5,8-9,13H2,(H,31,33)(H2,28,29,30,32);1,8-12,14-17H,3-7,13H2,(H,31,33)(H2,28,29,30,32);1,12,14-17H,5-11,13H2,2-3H3,(H2,25,26,27,28);1,10,12-15H,5-9,11H2,2-3H3,(H2,23,24,25,26). The van der Waals surface area contributed by atoms with Crippen molar-refractivity contribution in [1.29, 1.82) is 0 Å². The zero-order chi connectivity index (χ0) is 88.1. The van der Waals surface area contributed by atoms with Crippen LogP contribution in [-0.4, -0.2) is 161 Å². The van der Waals surface area contributed by atoms with Crippen LogP contribution < -0.4 is 53.2 Å². The first-order valence-corrected chi connectivity index (χ1v) is 42.2. The van der Waals surface area contributed by atoms with Crippen molar-refractivity contribution in [2.24, 2.45) is 23.7 Å². The van der Waals surface area contributed by atoms with E-state index in [9.17, 15) is 28.0 Å². The summed E-state index contributed by atoms with van der Waals surface area (Å²) in [7, 11) is 6.86. The highest BCUT2D eigenvalue weighted by atomic mass is 19.1. The number of carbonyl (C=O) groups excluding carboxylic acids is 4. The number of hydrogen-bond donors (Lipinski definition) is 10. The van der Waals surface area contributed by atoms with Gasteiger partial charge < -0.3 is 67.7 Å². The third-order valence-corrected chi connectivity index (χ3v) is 21.6. The minimum absolute atomic E-state index is 0.0802. The number of rotatable bonds is 29. The molecule has 125 heavy (non-hydrogen) atoms. The van der Waals surface area contributed by atoms with Gasteiger partial charge in [0.25, 0.3) is 23.6 Å². The van der Waals surface area contributed by atoms with Crippen molar-refractivity contribution >= 4 is 104 Å². The van der Waals surface area contributed by atoms with Crippen molar-refractivity contribution in [1.82, 2.24) is 69.6 Å². The SMILES string of the molecule is C#Cc1cnc(Nc2cc(NCC3CCCCC3)c(C(=O)N(C)C)cn2)cn1.C#Cc1cnc(Nc2cc(NCC3CCCCC3)c(C(=O)N(C)CCOC)cn2)cn1.C#Cc1cnc(Nc2cc(NCC3CCCCC3)c(C(=O)Nc3ccc(F)cc3)cn2)cn1.C#Cc1cnc(Nc2cc(NCC3CCCCC3)c(C(=O)Nc3ccccc3F)cn2)cn1. The number of nitrogens with zero attached hydrogens (tertiary/aromatic N) is 14. The Morgan fingerprint density at radius 2 is 0.688 bits per heavy atom. The zero-order valence-corrected chi connectivity index (χ0v) is 70.9. The van der Waals surface area contributed by atoms with Gasteiger partial charge in [-0.3, -0.25) is 19.2 Å². The number of pyridine rings is 4. The van der Waals surface area contributed by atoms with Gasteiger partial charge in [-0.15, -0.1) is 25.7 Å². The van der Waals surface area contributed by atoms with E-state index in [0.717, 1.165) is 50.4 Å². The summed E-state index contributed by atoms with van der Waals surface area (Å²) in [4.78, 5) is 106. The molecular formula is C94H106F2N24O5. The number of benzene rings is 2. The Morgan fingerprint density at radius 1 is 0.376 bits per heavy atom. The number of aromatic nitrogens is 12. The molecule has 0 spiro atoms. The molecule has 2 aromatic carbocycles. The van der Waals surface area contributed by atoms with E-state index in [0.29, 0.717) is 145 Å². The zero-order valence-electron chi connectivity index (χ0n) is 70.9. The average molecular weight is 1690 g/mol. The van der Waals surface area contributed by atoms with Gasteiger partial charge in [0.2, 0.25) is 0 Å². The number of terminal acetylenes is 4. The predicted molar refractivity (Wildman–Crippen MR) is 486 cm³/mol. The lowest BCUT2D eigenvalue weighted by Crippen LogP contribution is -2.31. The van der Waals surface area contributed by atoms with E-state index < -0.39 is 11.7 Å². The van der Waals surface area contributed by atoms with E-state index in [1.165, 1.54) is 202 Å². The molecule has 10 N–H and O–H groups in total. The minimum Gasteiger partial charge on any atom is -0.384 e. The van der Waals surface area contributed by atoms with Crippen molar-refractivity contribution in [3.63, 3.8) is 0 Å². The number of likely N-dealkylation sites (N-methyl/N-ethyl adjacent to an activating group) is 1. The second-order valence-corrected chi connectivity index (χ2v) is 31.0. The Labute approximate surface area is 728 Å². The number of hydrogen-bond acceptors (Lipinski definition) is 25. The number of halogens is 2. The highest BCUT2D eigenvalue weighted by Gasteiger charge is 2.25. The van der Waals surface area contributed by atoms with Crippen LogP contribution in [0.2, 0.25) is 0 Å². The number of ether oxygens (including phenoxy) is 1. The number of para-hydroxylation sites is 1. The molecule has 0 atom stereocenters. The first-order valence-electron chi connectivity index (χ1n) is 42.2. The molecule has 0 unspecified atom stereocenters. The third kappa shape index (κ3) is 28.7. The Morgan fingerprint density at radius 3 is 1.00 bits per heavy atom. The quantitative estimate of drug-likeness (QED) is 0.0195.